The minimum atomic E-state index is -3.72. The summed E-state index contributed by atoms with van der Waals surface area (Å²) in [6, 6.07) is 9.46. The van der Waals surface area contributed by atoms with Gasteiger partial charge in [-0.3, -0.25) is 4.31 Å². The summed E-state index contributed by atoms with van der Waals surface area (Å²) in [7, 11) is -2.18. The molecule has 0 spiro atoms. The van der Waals surface area contributed by atoms with Gasteiger partial charge in [0.1, 0.15) is 5.75 Å². The highest BCUT2D eigenvalue weighted by atomic mass is 35.5. The Bertz CT molecular complexity index is 802. The van der Waals surface area contributed by atoms with Crippen molar-refractivity contribution in [1.82, 2.24) is 0 Å². The number of sulfonamides is 1. The van der Waals surface area contributed by atoms with Crippen molar-refractivity contribution < 1.29 is 13.2 Å². The summed E-state index contributed by atoms with van der Waals surface area (Å²) < 4.78 is 32.3. The summed E-state index contributed by atoms with van der Waals surface area (Å²) in [5, 5.41) is 0.763. The molecular weight excluding hydrogens is 357 g/mol. The van der Waals surface area contributed by atoms with Crippen LogP contribution in [0.1, 0.15) is 12.5 Å². The largest absolute Gasteiger partial charge is 0.496 e. The Morgan fingerprint density at radius 2 is 1.70 bits per heavy atom. The summed E-state index contributed by atoms with van der Waals surface area (Å²) in [4.78, 5) is 0.189. The first kappa shape index (κ1) is 17.9. The zero-order chi connectivity index (χ0) is 17.2. The van der Waals surface area contributed by atoms with Crippen LogP contribution in [0.25, 0.3) is 0 Å². The molecule has 0 saturated heterocycles. The third kappa shape index (κ3) is 3.74. The number of ether oxygens (including phenoxy) is 1. The van der Waals surface area contributed by atoms with Crippen molar-refractivity contribution in [2.75, 3.05) is 18.0 Å². The van der Waals surface area contributed by atoms with E-state index in [1.165, 1.54) is 10.4 Å². The molecule has 0 aliphatic heterocycles. The van der Waals surface area contributed by atoms with E-state index in [4.69, 9.17) is 27.9 Å². The van der Waals surface area contributed by atoms with Gasteiger partial charge in [-0.25, -0.2) is 8.42 Å². The standard InChI is InChI=1S/C16H17Cl2NO3S/c1-4-19(14-9-12(17)8-13(18)10-14)23(20,21)15-5-6-16(22-3)11(2)7-15/h5-10H,4H2,1-3H3. The second kappa shape index (κ2) is 6.99. The van der Waals surface area contributed by atoms with Gasteiger partial charge >= 0.3 is 0 Å². The molecule has 23 heavy (non-hydrogen) atoms. The fourth-order valence-electron chi connectivity index (χ4n) is 2.31. The quantitative estimate of drug-likeness (QED) is 0.773. The second-order valence-corrected chi connectivity index (χ2v) is 7.66. The molecule has 0 atom stereocenters. The first-order valence-corrected chi connectivity index (χ1v) is 9.12. The third-order valence-electron chi connectivity index (χ3n) is 3.38. The lowest BCUT2D eigenvalue weighted by molar-refractivity contribution is 0.411. The summed E-state index contributed by atoms with van der Waals surface area (Å²) in [5.41, 5.74) is 1.17. The van der Waals surface area contributed by atoms with Gasteiger partial charge in [0.05, 0.1) is 17.7 Å². The Morgan fingerprint density at radius 3 is 2.17 bits per heavy atom. The van der Waals surface area contributed by atoms with Crippen LogP contribution < -0.4 is 9.04 Å². The molecular formula is C16H17Cl2NO3S. The SMILES string of the molecule is CCN(c1cc(Cl)cc(Cl)c1)S(=O)(=O)c1ccc(OC)c(C)c1. The molecule has 2 aromatic carbocycles. The second-order valence-electron chi connectivity index (χ2n) is 4.93. The number of rotatable bonds is 5. The molecule has 0 saturated carbocycles. The van der Waals surface area contributed by atoms with Crippen LogP contribution in [-0.2, 0) is 10.0 Å². The van der Waals surface area contributed by atoms with E-state index in [-0.39, 0.29) is 11.4 Å². The highest BCUT2D eigenvalue weighted by Gasteiger charge is 2.24. The van der Waals surface area contributed by atoms with Crippen LogP contribution in [0.4, 0.5) is 5.69 Å². The summed E-state index contributed by atoms with van der Waals surface area (Å²) in [6.07, 6.45) is 0. The predicted octanol–water partition coefficient (Wildman–Crippen LogP) is 4.53. The Hall–Kier alpha value is -1.43. The minimum Gasteiger partial charge on any atom is -0.496 e. The van der Waals surface area contributed by atoms with E-state index in [2.05, 4.69) is 0 Å². The van der Waals surface area contributed by atoms with Gasteiger partial charge in [0.2, 0.25) is 0 Å². The van der Waals surface area contributed by atoms with Crippen molar-refractivity contribution in [1.29, 1.82) is 0 Å². The number of nitrogens with zero attached hydrogens (tertiary/aromatic N) is 1. The Kier molecular flexibility index (Phi) is 5.45. The number of hydrogen-bond donors (Lipinski definition) is 0. The van der Waals surface area contributed by atoms with E-state index >= 15 is 0 Å². The van der Waals surface area contributed by atoms with Gasteiger partial charge in [0.15, 0.2) is 0 Å². The molecule has 0 unspecified atom stereocenters. The normalized spacial score (nSPS) is 11.3. The molecule has 2 aromatic rings. The first-order chi connectivity index (χ1) is 10.8. The van der Waals surface area contributed by atoms with Crippen molar-refractivity contribution in [3.05, 3.63) is 52.0 Å². The topological polar surface area (TPSA) is 46.6 Å². The summed E-state index contributed by atoms with van der Waals surface area (Å²) >= 11 is 12.0. The fraction of sp³-hybridized carbons (Fsp3) is 0.250. The van der Waals surface area contributed by atoms with E-state index in [0.717, 1.165) is 5.56 Å². The van der Waals surface area contributed by atoms with E-state index in [0.29, 0.717) is 21.5 Å². The molecule has 0 amide bonds. The molecule has 7 heteroatoms. The zero-order valence-corrected chi connectivity index (χ0v) is 15.3. The molecule has 0 aromatic heterocycles. The lowest BCUT2D eigenvalue weighted by Crippen LogP contribution is -2.30. The highest BCUT2D eigenvalue weighted by molar-refractivity contribution is 7.92. The van der Waals surface area contributed by atoms with E-state index in [1.807, 2.05) is 0 Å². The zero-order valence-electron chi connectivity index (χ0n) is 13.0. The lowest BCUT2D eigenvalue weighted by Gasteiger charge is -2.23. The number of halogens is 2. The molecule has 124 valence electrons. The van der Waals surface area contributed by atoms with Gasteiger partial charge in [-0.05, 0) is 55.8 Å². The number of hydrogen-bond acceptors (Lipinski definition) is 3. The smallest absolute Gasteiger partial charge is 0.264 e. The van der Waals surface area contributed by atoms with Gasteiger partial charge < -0.3 is 4.74 Å². The maximum absolute atomic E-state index is 12.9. The predicted molar refractivity (Wildman–Crippen MR) is 94.4 cm³/mol. The molecule has 0 aliphatic rings. The molecule has 0 bridgehead atoms. The van der Waals surface area contributed by atoms with Crippen LogP contribution in [0.3, 0.4) is 0 Å². The molecule has 0 fully saturated rings. The summed E-state index contributed by atoms with van der Waals surface area (Å²) in [6.45, 7) is 3.80. The maximum Gasteiger partial charge on any atom is 0.264 e. The molecule has 0 radical (unpaired) electrons. The molecule has 2 rings (SSSR count). The minimum absolute atomic E-state index is 0.189. The van der Waals surface area contributed by atoms with Gasteiger partial charge in [-0.15, -0.1) is 0 Å². The van der Waals surface area contributed by atoms with E-state index in [9.17, 15) is 8.42 Å². The fourth-order valence-corrected chi connectivity index (χ4v) is 4.37. The number of benzene rings is 2. The van der Waals surface area contributed by atoms with E-state index in [1.54, 1.807) is 51.3 Å². The number of methoxy groups -OCH3 is 1. The van der Waals surface area contributed by atoms with Gasteiger partial charge in [-0.1, -0.05) is 23.2 Å². The van der Waals surface area contributed by atoms with E-state index < -0.39 is 10.0 Å². The first-order valence-electron chi connectivity index (χ1n) is 6.93. The number of anilines is 1. The highest BCUT2D eigenvalue weighted by Crippen LogP contribution is 2.30. The van der Waals surface area contributed by atoms with Crippen molar-refractivity contribution in [2.24, 2.45) is 0 Å². The van der Waals surface area contributed by atoms with Crippen LogP contribution in [-0.4, -0.2) is 22.1 Å². The van der Waals surface area contributed by atoms with Crippen LogP contribution >= 0.6 is 23.2 Å². The van der Waals surface area contributed by atoms with Crippen LogP contribution in [0.5, 0.6) is 5.75 Å². The Labute approximate surface area is 146 Å². The van der Waals surface area contributed by atoms with Crippen LogP contribution in [0.2, 0.25) is 10.0 Å². The van der Waals surface area contributed by atoms with Crippen molar-refractivity contribution in [2.45, 2.75) is 18.7 Å². The molecule has 0 aliphatic carbocycles. The molecule has 4 nitrogen and oxygen atoms in total. The third-order valence-corrected chi connectivity index (χ3v) is 5.71. The van der Waals surface area contributed by atoms with Crippen molar-refractivity contribution >= 4 is 38.9 Å². The van der Waals surface area contributed by atoms with Crippen molar-refractivity contribution in [3.8, 4) is 5.75 Å². The summed E-state index contributed by atoms with van der Waals surface area (Å²) in [5.74, 6) is 0.637. The molecule has 0 heterocycles. The van der Waals surface area contributed by atoms with Crippen LogP contribution in [0, 0.1) is 6.92 Å². The number of aryl methyl sites for hydroxylation is 1. The van der Waals surface area contributed by atoms with Crippen LogP contribution in [0.15, 0.2) is 41.3 Å². The Morgan fingerprint density at radius 1 is 1.09 bits per heavy atom. The average molecular weight is 374 g/mol. The Balaban J connectivity index is 2.53. The van der Waals surface area contributed by atoms with Gasteiger partial charge in [-0.2, -0.15) is 0 Å². The van der Waals surface area contributed by atoms with Gasteiger partial charge in [0, 0.05) is 16.6 Å². The lowest BCUT2D eigenvalue weighted by atomic mass is 10.2. The van der Waals surface area contributed by atoms with Crippen molar-refractivity contribution in [3.63, 3.8) is 0 Å². The van der Waals surface area contributed by atoms with Gasteiger partial charge in [0.25, 0.3) is 10.0 Å². The maximum atomic E-state index is 12.9. The average Bonchev–Trinajstić information content (AvgIpc) is 2.46. The molecule has 0 N–H and O–H groups in total. The monoisotopic (exact) mass is 373 g/mol.